The topological polar surface area (TPSA) is 0 Å². The molecule has 2 fully saturated rings. The van der Waals surface area contributed by atoms with Crippen LogP contribution in [0.4, 0.5) is 0 Å². The molecule has 1 heteroatoms. The molecule has 0 amide bonds. The molecule has 0 unspecified atom stereocenters. The van der Waals surface area contributed by atoms with Gasteiger partial charge in [-0.05, 0) is 23.2 Å². The Balaban J connectivity index is 1.82. The van der Waals surface area contributed by atoms with E-state index in [1.165, 1.54) is 110 Å². The second-order valence-electron chi connectivity index (χ2n) is 9.04. The van der Waals surface area contributed by atoms with Crippen molar-refractivity contribution < 1.29 is 0 Å². The first kappa shape index (κ1) is 19.1. The fourth-order valence-electron chi connectivity index (χ4n) is 5.76. The lowest BCUT2D eigenvalue weighted by atomic mass is 9.41. The molecule has 0 nitrogen and oxygen atoms in total. The van der Waals surface area contributed by atoms with E-state index in [-0.39, 0.29) is 0 Å². The van der Waals surface area contributed by atoms with Gasteiger partial charge >= 0.3 is 0 Å². The molecule has 138 valence electrons. The van der Waals surface area contributed by atoms with E-state index in [1.54, 1.807) is 5.56 Å². The molecule has 25 heavy (non-hydrogen) atoms. The van der Waals surface area contributed by atoms with Gasteiger partial charge in [0.1, 0.15) is 7.28 Å². The summed E-state index contributed by atoms with van der Waals surface area (Å²) in [5.41, 5.74) is 1.60. The molecule has 0 bridgehead atoms. The number of rotatable bonds is 3. The normalized spacial score (nSPS) is 27.7. The van der Waals surface area contributed by atoms with Crippen molar-refractivity contribution in [3.8, 4) is 0 Å². The average molecular weight is 338 g/mol. The van der Waals surface area contributed by atoms with E-state index in [4.69, 9.17) is 0 Å². The van der Waals surface area contributed by atoms with E-state index in [2.05, 4.69) is 30.3 Å². The van der Waals surface area contributed by atoms with Gasteiger partial charge in [0.2, 0.25) is 0 Å². The van der Waals surface area contributed by atoms with Crippen LogP contribution in [0.15, 0.2) is 30.3 Å². The molecule has 1 saturated heterocycles. The minimum atomic E-state index is 0.593. The van der Waals surface area contributed by atoms with E-state index in [0.717, 1.165) is 5.92 Å². The van der Waals surface area contributed by atoms with Gasteiger partial charge in [-0.3, -0.25) is 0 Å². The highest BCUT2D eigenvalue weighted by Gasteiger charge is 2.38. The lowest BCUT2D eigenvalue weighted by molar-refractivity contribution is 0.275. The highest BCUT2D eigenvalue weighted by atomic mass is 14.4. The first-order valence-electron chi connectivity index (χ1n) is 11.4. The van der Waals surface area contributed by atoms with Crippen molar-refractivity contribution in [2.24, 2.45) is 5.92 Å². The molecule has 1 aliphatic carbocycles. The third kappa shape index (κ3) is 5.90. The maximum atomic E-state index is 2.39. The van der Waals surface area contributed by atoms with Crippen LogP contribution in [0, 0.1) is 5.92 Å². The van der Waals surface area contributed by atoms with Crippen molar-refractivity contribution in [1.82, 2.24) is 0 Å². The van der Waals surface area contributed by atoms with Gasteiger partial charge in [0, 0.05) is 0 Å². The van der Waals surface area contributed by atoms with E-state index >= 15 is 0 Å². The Morgan fingerprint density at radius 1 is 0.720 bits per heavy atom. The predicted molar refractivity (Wildman–Crippen MR) is 113 cm³/mol. The van der Waals surface area contributed by atoms with Gasteiger partial charge in [0.05, 0.1) is 0 Å². The first-order valence-corrected chi connectivity index (χ1v) is 11.4. The standard InChI is InChI=1S/C24H39B/c1-2-5-12-18-23(17-11-4-1)24(21-22-15-9-8-10-16-22)19-13-6-3-7-14-20-25-24/h8-10,15-16,23,25H,1-7,11-14,17-21H2/t24-/m1/s1. The minimum Gasteiger partial charge on any atom is -0.0769 e. The average Bonchev–Trinajstić information content (AvgIpc) is 2.85. The molecule has 1 heterocycles. The Hall–Kier alpha value is -0.715. The zero-order valence-electron chi connectivity index (χ0n) is 16.5. The summed E-state index contributed by atoms with van der Waals surface area (Å²) in [7, 11) is 1.49. The zero-order chi connectivity index (χ0) is 17.2. The lowest BCUT2D eigenvalue weighted by Gasteiger charge is -2.42. The summed E-state index contributed by atoms with van der Waals surface area (Å²) in [6, 6.07) is 11.5. The second kappa shape index (κ2) is 10.4. The van der Waals surface area contributed by atoms with Crippen LogP contribution in [0.3, 0.4) is 0 Å². The molecule has 1 saturated carbocycles. The maximum absolute atomic E-state index is 2.39. The van der Waals surface area contributed by atoms with Crippen molar-refractivity contribution >= 4 is 7.28 Å². The first-order chi connectivity index (χ1) is 12.4. The number of hydrogen-bond donors (Lipinski definition) is 0. The molecule has 2 aliphatic rings. The summed E-state index contributed by atoms with van der Waals surface area (Å²) >= 11 is 0. The quantitative estimate of drug-likeness (QED) is 0.505. The Kier molecular flexibility index (Phi) is 7.96. The summed E-state index contributed by atoms with van der Waals surface area (Å²) in [6.45, 7) is 0. The zero-order valence-corrected chi connectivity index (χ0v) is 16.5. The van der Waals surface area contributed by atoms with Crippen LogP contribution in [0.25, 0.3) is 0 Å². The molecule has 3 rings (SSSR count). The fourth-order valence-corrected chi connectivity index (χ4v) is 5.76. The van der Waals surface area contributed by atoms with Gasteiger partial charge in [-0.2, -0.15) is 0 Å². The summed E-state index contributed by atoms with van der Waals surface area (Å²) in [6.07, 6.45) is 23.6. The summed E-state index contributed by atoms with van der Waals surface area (Å²) in [4.78, 5) is 0. The Bertz CT molecular complexity index is 446. The number of benzene rings is 1. The lowest BCUT2D eigenvalue weighted by Crippen LogP contribution is -2.32. The van der Waals surface area contributed by atoms with Crippen LogP contribution in [-0.2, 0) is 6.42 Å². The Morgan fingerprint density at radius 2 is 1.32 bits per heavy atom. The molecule has 0 aromatic heterocycles. The van der Waals surface area contributed by atoms with Crippen LogP contribution >= 0.6 is 0 Å². The van der Waals surface area contributed by atoms with E-state index in [9.17, 15) is 0 Å². The van der Waals surface area contributed by atoms with E-state index < -0.39 is 0 Å². The Labute approximate surface area is 157 Å². The molecular weight excluding hydrogens is 299 g/mol. The monoisotopic (exact) mass is 338 g/mol. The third-order valence-electron chi connectivity index (χ3n) is 7.22. The molecule has 1 aliphatic heterocycles. The molecule has 0 radical (unpaired) electrons. The van der Waals surface area contributed by atoms with E-state index in [0.29, 0.717) is 5.31 Å². The van der Waals surface area contributed by atoms with Crippen LogP contribution in [-0.4, -0.2) is 7.28 Å². The van der Waals surface area contributed by atoms with Gasteiger partial charge in [-0.1, -0.05) is 127 Å². The summed E-state index contributed by atoms with van der Waals surface area (Å²) < 4.78 is 0. The van der Waals surface area contributed by atoms with Gasteiger partial charge < -0.3 is 0 Å². The minimum absolute atomic E-state index is 0.593. The smallest absolute Gasteiger partial charge is 0.0769 e. The van der Waals surface area contributed by atoms with Crippen LogP contribution in [0.1, 0.15) is 95.5 Å². The van der Waals surface area contributed by atoms with Crippen molar-refractivity contribution in [1.29, 1.82) is 0 Å². The third-order valence-corrected chi connectivity index (χ3v) is 7.22. The molecule has 1 aromatic rings. The van der Waals surface area contributed by atoms with Gasteiger partial charge in [0.25, 0.3) is 0 Å². The summed E-state index contributed by atoms with van der Waals surface area (Å²) in [5.74, 6) is 0.976. The highest BCUT2D eigenvalue weighted by molar-refractivity contribution is 6.40. The highest BCUT2D eigenvalue weighted by Crippen LogP contribution is 2.50. The van der Waals surface area contributed by atoms with Gasteiger partial charge in [0.15, 0.2) is 0 Å². The molecule has 0 spiro atoms. The van der Waals surface area contributed by atoms with Gasteiger partial charge in [-0.25, -0.2) is 0 Å². The van der Waals surface area contributed by atoms with Crippen LogP contribution < -0.4 is 0 Å². The second-order valence-corrected chi connectivity index (χ2v) is 9.04. The molecule has 1 aromatic carbocycles. The van der Waals surface area contributed by atoms with Crippen molar-refractivity contribution in [3.63, 3.8) is 0 Å². The van der Waals surface area contributed by atoms with Crippen molar-refractivity contribution in [2.75, 3.05) is 0 Å². The summed E-state index contributed by atoms with van der Waals surface area (Å²) in [5, 5.41) is 0.593. The molecule has 0 N–H and O–H groups in total. The van der Waals surface area contributed by atoms with Crippen molar-refractivity contribution in [2.45, 2.75) is 108 Å². The van der Waals surface area contributed by atoms with E-state index in [1.807, 2.05) is 0 Å². The maximum Gasteiger partial charge on any atom is 0.128 e. The van der Waals surface area contributed by atoms with Gasteiger partial charge in [-0.15, -0.1) is 0 Å². The molecular formula is C24H39B. The van der Waals surface area contributed by atoms with Crippen LogP contribution in [0.2, 0.25) is 11.6 Å². The number of hydrogen-bond acceptors (Lipinski definition) is 0. The van der Waals surface area contributed by atoms with Crippen LogP contribution in [0.5, 0.6) is 0 Å². The fraction of sp³-hybridized carbons (Fsp3) is 0.750. The Morgan fingerprint density at radius 3 is 2.04 bits per heavy atom. The van der Waals surface area contributed by atoms with Crippen molar-refractivity contribution in [3.05, 3.63) is 35.9 Å². The predicted octanol–water partition coefficient (Wildman–Crippen LogP) is 7.35. The SMILES string of the molecule is B1CCCCCCC[C@@]1(Cc1ccccc1)C1CCCCCCCC1. The molecule has 1 atom stereocenters. The largest absolute Gasteiger partial charge is 0.128 e.